The second-order valence-corrected chi connectivity index (χ2v) is 6.39. The highest BCUT2D eigenvalue weighted by Crippen LogP contribution is 2.33. The molecule has 0 bridgehead atoms. The van der Waals surface area contributed by atoms with Crippen LogP contribution < -0.4 is 5.32 Å². The van der Waals surface area contributed by atoms with Crippen molar-refractivity contribution < 1.29 is 4.42 Å². The number of benzene rings is 1. The van der Waals surface area contributed by atoms with E-state index in [4.69, 9.17) is 4.42 Å². The molecule has 1 heterocycles. The highest BCUT2D eigenvalue weighted by molar-refractivity contribution is 5.63. The number of nitrogens with zero attached hydrogens (tertiary/aromatic N) is 1. The van der Waals surface area contributed by atoms with Gasteiger partial charge in [0.05, 0.1) is 6.20 Å². The molecule has 2 atom stereocenters. The van der Waals surface area contributed by atoms with Gasteiger partial charge in [-0.3, -0.25) is 0 Å². The summed E-state index contributed by atoms with van der Waals surface area (Å²) in [5, 5.41) is 3.75. The fourth-order valence-electron chi connectivity index (χ4n) is 3.47. The molecule has 3 rings (SSSR count). The summed E-state index contributed by atoms with van der Waals surface area (Å²) in [7, 11) is 0. The minimum Gasteiger partial charge on any atom is -0.444 e. The molecule has 1 fully saturated rings. The van der Waals surface area contributed by atoms with Gasteiger partial charge in [0.1, 0.15) is 0 Å². The Labute approximate surface area is 126 Å². The van der Waals surface area contributed by atoms with Gasteiger partial charge in [0.2, 0.25) is 0 Å². The minimum absolute atomic E-state index is 0.587. The van der Waals surface area contributed by atoms with Crippen LogP contribution in [0.4, 0.5) is 5.69 Å². The van der Waals surface area contributed by atoms with Crippen LogP contribution in [-0.4, -0.2) is 11.0 Å². The third-order valence-corrected chi connectivity index (χ3v) is 4.61. The molecular weight excluding hydrogens is 260 g/mol. The van der Waals surface area contributed by atoms with Crippen molar-refractivity contribution in [1.82, 2.24) is 4.98 Å². The molecular formula is C18H24N2O. The third kappa shape index (κ3) is 3.29. The Morgan fingerprint density at radius 3 is 2.86 bits per heavy atom. The fraction of sp³-hybridized carbons (Fsp3) is 0.500. The Bertz CT molecular complexity index is 562. The molecule has 1 saturated carbocycles. The van der Waals surface area contributed by atoms with E-state index < -0.39 is 0 Å². The van der Waals surface area contributed by atoms with Gasteiger partial charge in [-0.1, -0.05) is 38.8 Å². The van der Waals surface area contributed by atoms with E-state index >= 15 is 0 Å². The maximum atomic E-state index is 5.38. The molecule has 112 valence electrons. The first-order valence-corrected chi connectivity index (χ1v) is 7.99. The van der Waals surface area contributed by atoms with Crippen LogP contribution in [-0.2, 0) is 0 Å². The first kappa shape index (κ1) is 14.2. The third-order valence-electron chi connectivity index (χ3n) is 4.61. The lowest BCUT2D eigenvalue weighted by atomic mass is 9.78. The summed E-state index contributed by atoms with van der Waals surface area (Å²) in [4.78, 5) is 3.99. The first-order valence-electron chi connectivity index (χ1n) is 7.99. The standard InChI is InChI=1S/C18H24N2O/c1-13(2)16-8-3-4-9-17(16)20-15-7-5-6-14(10-15)18-11-19-12-21-18/h5-7,10-13,16-17,20H,3-4,8-9H2,1-2H3. The summed E-state index contributed by atoms with van der Waals surface area (Å²) in [6.07, 6.45) is 8.57. The van der Waals surface area contributed by atoms with Gasteiger partial charge in [-0.2, -0.15) is 0 Å². The van der Waals surface area contributed by atoms with E-state index in [1.54, 1.807) is 6.20 Å². The highest BCUT2D eigenvalue weighted by atomic mass is 16.3. The van der Waals surface area contributed by atoms with Gasteiger partial charge in [-0.15, -0.1) is 0 Å². The fourth-order valence-corrected chi connectivity index (χ4v) is 3.47. The second kappa shape index (κ2) is 6.33. The van der Waals surface area contributed by atoms with E-state index in [0.29, 0.717) is 6.04 Å². The van der Waals surface area contributed by atoms with Gasteiger partial charge in [-0.05, 0) is 36.8 Å². The van der Waals surface area contributed by atoms with Crippen LogP contribution >= 0.6 is 0 Å². The number of oxazole rings is 1. The summed E-state index contributed by atoms with van der Waals surface area (Å²) in [5.74, 6) is 2.33. The Hall–Kier alpha value is -1.77. The number of aromatic nitrogens is 1. The summed E-state index contributed by atoms with van der Waals surface area (Å²) in [6, 6.07) is 9.03. The van der Waals surface area contributed by atoms with Crippen LogP contribution in [0.3, 0.4) is 0 Å². The van der Waals surface area contributed by atoms with Crippen LogP contribution in [0.25, 0.3) is 11.3 Å². The van der Waals surface area contributed by atoms with E-state index in [9.17, 15) is 0 Å². The smallest absolute Gasteiger partial charge is 0.181 e. The van der Waals surface area contributed by atoms with Crippen molar-refractivity contribution in [3.05, 3.63) is 36.9 Å². The van der Waals surface area contributed by atoms with Gasteiger partial charge in [0.25, 0.3) is 0 Å². The molecule has 1 aromatic heterocycles. The first-order chi connectivity index (χ1) is 10.2. The molecule has 21 heavy (non-hydrogen) atoms. The molecule has 2 aromatic rings. The van der Waals surface area contributed by atoms with Crippen molar-refractivity contribution >= 4 is 5.69 Å². The predicted molar refractivity (Wildman–Crippen MR) is 86.1 cm³/mol. The Kier molecular flexibility index (Phi) is 4.28. The van der Waals surface area contributed by atoms with Gasteiger partial charge in [0, 0.05) is 17.3 Å². The number of anilines is 1. The van der Waals surface area contributed by atoms with Crippen LogP contribution in [0.5, 0.6) is 0 Å². The summed E-state index contributed by atoms with van der Waals surface area (Å²) in [5.41, 5.74) is 2.26. The van der Waals surface area contributed by atoms with Gasteiger partial charge < -0.3 is 9.73 Å². The van der Waals surface area contributed by atoms with Crippen LogP contribution in [0.1, 0.15) is 39.5 Å². The van der Waals surface area contributed by atoms with Gasteiger partial charge in [0.15, 0.2) is 12.2 Å². The number of nitrogens with one attached hydrogen (secondary N) is 1. The number of hydrogen-bond acceptors (Lipinski definition) is 3. The molecule has 2 unspecified atom stereocenters. The summed E-state index contributed by atoms with van der Waals surface area (Å²) >= 11 is 0. The van der Waals surface area contributed by atoms with Gasteiger partial charge >= 0.3 is 0 Å². The lowest BCUT2D eigenvalue weighted by Gasteiger charge is -2.35. The zero-order chi connectivity index (χ0) is 14.7. The SMILES string of the molecule is CC(C)C1CCCCC1Nc1cccc(-c2cnco2)c1. The van der Waals surface area contributed by atoms with Crippen molar-refractivity contribution in [2.24, 2.45) is 11.8 Å². The monoisotopic (exact) mass is 284 g/mol. The maximum absolute atomic E-state index is 5.38. The molecule has 3 heteroatoms. The van der Waals surface area contributed by atoms with Crippen molar-refractivity contribution in [2.75, 3.05) is 5.32 Å². The molecule has 0 saturated heterocycles. The van der Waals surface area contributed by atoms with Crippen molar-refractivity contribution in [3.8, 4) is 11.3 Å². The van der Waals surface area contributed by atoms with Crippen LogP contribution in [0.15, 0.2) is 41.3 Å². The number of hydrogen-bond donors (Lipinski definition) is 1. The minimum atomic E-state index is 0.587. The Morgan fingerprint density at radius 1 is 1.24 bits per heavy atom. The van der Waals surface area contributed by atoms with Gasteiger partial charge in [-0.25, -0.2) is 4.98 Å². The Balaban J connectivity index is 1.76. The molecule has 1 aliphatic rings. The van der Waals surface area contributed by atoms with E-state index in [1.807, 2.05) is 0 Å². The molecule has 1 aliphatic carbocycles. The molecule has 0 aliphatic heterocycles. The molecule has 0 radical (unpaired) electrons. The average Bonchev–Trinajstić information content (AvgIpc) is 3.02. The molecule has 3 nitrogen and oxygen atoms in total. The van der Waals surface area contributed by atoms with Crippen LogP contribution in [0, 0.1) is 11.8 Å². The molecule has 0 spiro atoms. The maximum Gasteiger partial charge on any atom is 0.181 e. The summed E-state index contributed by atoms with van der Waals surface area (Å²) in [6.45, 7) is 4.69. The van der Waals surface area contributed by atoms with Crippen LogP contribution in [0.2, 0.25) is 0 Å². The molecule has 1 aromatic carbocycles. The predicted octanol–water partition coefficient (Wildman–Crippen LogP) is 4.97. The lowest BCUT2D eigenvalue weighted by Crippen LogP contribution is -2.35. The second-order valence-electron chi connectivity index (χ2n) is 6.39. The van der Waals surface area contributed by atoms with Crippen molar-refractivity contribution in [1.29, 1.82) is 0 Å². The normalized spacial score (nSPS) is 22.4. The summed E-state index contributed by atoms with van der Waals surface area (Å²) < 4.78 is 5.38. The zero-order valence-electron chi connectivity index (χ0n) is 12.9. The largest absolute Gasteiger partial charge is 0.444 e. The molecule has 0 amide bonds. The molecule has 1 N–H and O–H groups in total. The zero-order valence-corrected chi connectivity index (χ0v) is 12.9. The number of rotatable bonds is 4. The highest BCUT2D eigenvalue weighted by Gasteiger charge is 2.27. The average molecular weight is 284 g/mol. The quantitative estimate of drug-likeness (QED) is 0.861. The van der Waals surface area contributed by atoms with E-state index in [2.05, 4.69) is 48.4 Å². The van der Waals surface area contributed by atoms with Crippen molar-refractivity contribution in [2.45, 2.75) is 45.6 Å². The van der Waals surface area contributed by atoms with Crippen molar-refractivity contribution in [3.63, 3.8) is 0 Å². The Morgan fingerprint density at radius 2 is 2.10 bits per heavy atom. The van der Waals surface area contributed by atoms with E-state index in [0.717, 1.165) is 23.2 Å². The topological polar surface area (TPSA) is 38.1 Å². The van der Waals surface area contributed by atoms with E-state index in [1.165, 1.54) is 37.8 Å². The lowest BCUT2D eigenvalue weighted by molar-refractivity contribution is 0.254. The van der Waals surface area contributed by atoms with E-state index in [-0.39, 0.29) is 0 Å².